The van der Waals surface area contributed by atoms with Crippen molar-refractivity contribution in [3.63, 3.8) is 0 Å². The first-order chi connectivity index (χ1) is 17.9. The van der Waals surface area contributed by atoms with Gasteiger partial charge in [-0.3, -0.25) is 4.79 Å². The van der Waals surface area contributed by atoms with Crippen LogP contribution in [0.3, 0.4) is 0 Å². The first kappa shape index (κ1) is 25.0. The molecule has 37 heavy (non-hydrogen) atoms. The van der Waals surface area contributed by atoms with Crippen LogP contribution in [0.5, 0.6) is 5.75 Å². The van der Waals surface area contributed by atoms with Gasteiger partial charge in [0.25, 0.3) is 0 Å². The molecule has 4 aromatic rings. The topological polar surface area (TPSA) is 47.6 Å². The second-order valence-electron chi connectivity index (χ2n) is 10.5. The summed E-state index contributed by atoms with van der Waals surface area (Å²) in [6.07, 6.45) is 0.926. The van der Waals surface area contributed by atoms with Crippen LogP contribution in [0.4, 0.5) is 0 Å². The molecule has 5 rings (SSSR count). The summed E-state index contributed by atoms with van der Waals surface area (Å²) in [5, 5.41) is 6.28. The number of nitrogens with one attached hydrogen (secondary N) is 1. The number of rotatable bonds is 7. The third kappa shape index (κ3) is 4.99. The van der Waals surface area contributed by atoms with Gasteiger partial charge in [0.05, 0.1) is 12.5 Å². The number of hydrogen-bond acceptors (Lipinski definition) is 4. The Morgan fingerprint density at radius 2 is 1.68 bits per heavy atom. The summed E-state index contributed by atoms with van der Waals surface area (Å²) < 4.78 is 11.5. The van der Waals surface area contributed by atoms with Gasteiger partial charge < -0.3 is 14.8 Å². The first-order valence-electron chi connectivity index (χ1n) is 13.0. The number of fused-ring (bicyclic) bond motifs is 2. The van der Waals surface area contributed by atoms with Crippen molar-refractivity contribution in [1.29, 1.82) is 0 Å². The molecule has 0 saturated heterocycles. The lowest BCUT2D eigenvalue weighted by atomic mass is 9.80. The molecular weight excluding hydrogens is 458 g/mol. The van der Waals surface area contributed by atoms with Crippen molar-refractivity contribution in [2.45, 2.75) is 50.7 Å². The largest absolute Gasteiger partial charge is 0.489 e. The van der Waals surface area contributed by atoms with E-state index in [1.54, 1.807) is 0 Å². The smallest absolute Gasteiger partial charge is 0.315 e. The second kappa shape index (κ2) is 10.4. The molecule has 0 bridgehead atoms. The molecule has 1 heterocycles. The highest BCUT2D eigenvalue weighted by Gasteiger charge is 2.33. The highest BCUT2D eigenvalue weighted by molar-refractivity contribution is 5.86. The van der Waals surface area contributed by atoms with Gasteiger partial charge in [-0.15, -0.1) is 0 Å². The molecule has 0 amide bonds. The van der Waals surface area contributed by atoms with E-state index < -0.39 is 5.41 Å². The molecule has 4 nitrogen and oxygen atoms in total. The number of hydrogen-bond donors (Lipinski definition) is 1. The van der Waals surface area contributed by atoms with E-state index in [2.05, 4.69) is 97.2 Å². The van der Waals surface area contributed by atoms with E-state index in [1.165, 1.54) is 34.6 Å². The number of ether oxygens (including phenoxy) is 2. The molecule has 4 heteroatoms. The zero-order valence-electron chi connectivity index (χ0n) is 22.0. The Morgan fingerprint density at radius 1 is 0.973 bits per heavy atom. The van der Waals surface area contributed by atoms with Crippen LogP contribution < -0.4 is 10.1 Å². The number of carbonyl (C=O) groups excluding carboxylic acids is 1. The third-order valence-corrected chi connectivity index (χ3v) is 7.76. The Morgan fingerprint density at radius 3 is 2.46 bits per heavy atom. The van der Waals surface area contributed by atoms with Crippen LogP contribution in [0, 0.1) is 0 Å². The van der Waals surface area contributed by atoms with Gasteiger partial charge in [-0.25, -0.2) is 0 Å². The molecule has 0 spiro atoms. The molecule has 1 aliphatic heterocycles. The van der Waals surface area contributed by atoms with Crippen molar-refractivity contribution in [3.05, 3.63) is 113 Å². The molecule has 0 unspecified atom stereocenters. The van der Waals surface area contributed by atoms with Crippen molar-refractivity contribution < 1.29 is 14.3 Å². The molecule has 0 radical (unpaired) electrons. The molecule has 1 aliphatic rings. The standard InChI is InChI=1S/C33H35NO3/c1-22(27-14-9-11-23-10-5-6-12-28(23)27)34-21-26-20-30(29-13-7-8-15-31(29)37-26)24-16-18-25(19-17-24)33(2,3)32(35)36-4/h5-19,22,26,30,34H,20-21H2,1-4H3/t22-,26-,30-/m1/s1. The molecule has 4 aromatic carbocycles. The number of methoxy groups -OCH3 is 1. The third-order valence-electron chi connectivity index (χ3n) is 7.76. The van der Waals surface area contributed by atoms with Gasteiger partial charge in [0.15, 0.2) is 0 Å². The van der Waals surface area contributed by atoms with Gasteiger partial charge in [-0.05, 0) is 60.7 Å². The van der Waals surface area contributed by atoms with Crippen LogP contribution >= 0.6 is 0 Å². The SMILES string of the molecule is COC(=O)C(C)(C)c1ccc([C@H]2C[C@H](CN[C@H](C)c3cccc4ccccc34)Oc3ccccc32)cc1. The lowest BCUT2D eigenvalue weighted by molar-refractivity contribution is -0.146. The van der Waals surface area contributed by atoms with Crippen molar-refractivity contribution in [2.24, 2.45) is 0 Å². The maximum atomic E-state index is 12.3. The molecule has 0 fully saturated rings. The Bertz CT molecular complexity index is 1390. The predicted octanol–water partition coefficient (Wildman–Crippen LogP) is 6.92. The van der Waals surface area contributed by atoms with Crippen molar-refractivity contribution in [1.82, 2.24) is 5.32 Å². The average molecular weight is 494 g/mol. The molecule has 190 valence electrons. The summed E-state index contributed by atoms with van der Waals surface area (Å²) in [7, 11) is 1.44. The van der Waals surface area contributed by atoms with E-state index in [4.69, 9.17) is 9.47 Å². The van der Waals surface area contributed by atoms with Crippen LogP contribution in [0.1, 0.15) is 61.4 Å². The first-order valence-corrected chi connectivity index (χ1v) is 13.0. The molecule has 0 aromatic heterocycles. The fraction of sp³-hybridized carbons (Fsp3) is 0.303. The maximum absolute atomic E-state index is 12.3. The number of carbonyl (C=O) groups is 1. The summed E-state index contributed by atoms with van der Waals surface area (Å²) in [4.78, 5) is 12.3. The highest BCUT2D eigenvalue weighted by atomic mass is 16.5. The zero-order chi connectivity index (χ0) is 26.0. The summed E-state index contributed by atoms with van der Waals surface area (Å²) >= 11 is 0. The minimum atomic E-state index is -0.689. The van der Waals surface area contributed by atoms with E-state index in [9.17, 15) is 4.79 Å². The molecule has 0 aliphatic carbocycles. The van der Waals surface area contributed by atoms with Crippen LogP contribution in [0.15, 0.2) is 91.0 Å². The maximum Gasteiger partial charge on any atom is 0.315 e. The van der Waals surface area contributed by atoms with E-state index >= 15 is 0 Å². The van der Waals surface area contributed by atoms with Crippen LogP contribution in [0.25, 0.3) is 10.8 Å². The molecular formula is C33H35NO3. The fourth-order valence-electron chi connectivity index (χ4n) is 5.49. The van der Waals surface area contributed by atoms with Gasteiger partial charge in [-0.1, -0.05) is 84.9 Å². The summed E-state index contributed by atoms with van der Waals surface area (Å²) in [6, 6.07) is 32.0. The Labute approximate surface area is 219 Å². The van der Waals surface area contributed by atoms with Gasteiger partial charge in [0.2, 0.25) is 0 Å². The summed E-state index contributed by atoms with van der Waals surface area (Å²) in [5.74, 6) is 0.936. The van der Waals surface area contributed by atoms with Crippen LogP contribution in [-0.4, -0.2) is 25.7 Å². The Balaban J connectivity index is 1.35. The van der Waals surface area contributed by atoms with Gasteiger partial charge in [0.1, 0.15) is 11.9 Å². The Kier molecular flexibility index (Phi) is 7.03. The lowest BCUT2D eigenvalue weighted by Gasteiger charge is -2.34. The van der Waals surface area contributed by atoms with Crippen LogP contribution in [-0.2, 0) is 14.9 Å². The van der Waals surface area contributed by atoms with Crippen LogP contribution in [0.2, 0.25) is 0 Å². The normalized spacial score (nSPS) is 18.1. The van der Waals surface area contributed by atoms with Gasteiger partial charge in [-0.2, -0.15) is 0 Å². The number of para-hydroxylation sites is 1. The second-order valence-corrected chi connectivity index (χ2v) is 10.5. The van der Waals surface area contributed by atoms with E-state index in [-0.39, 0.29) is 24.0 Å². The zero-order valence-corrected chi connectivity index (χ0v) is 22.0. The predicted molar refractivity (Wildman–Crippen MR) is 149 cm³/mol. The number of benzene rings is 4. The Hall–Kier alpha value is -3.63. The highest BCUT2D eigenvalue weighted by Crippen LogP contribution is 2.41. The lowest BCUT2D eigenvalue weighted by Crippen LogP contribution is -2.37. The number of esters is 1. The van der Waals surface area contributed by atoms with Crippen molar-refractivity contribution in [3.8, 4) is 5.75 Å². The minimum absolute atomic E-state index is 0.0449. The van der Waals surface area contributed by atoms with Crippen molar-refractivity contribution >= 4 is 16.7 Å². The minimum Gasteiger partial charge on any atom is -0.489 e. The average Bonchev–Trinajstić information content (AvgIpc) is 2.94. The van der Waals surface area contributed by atoms with E-state index in [0.29, 0.717) is 0 Å². The monoisotopic (exact) mass is 493 g/mol. The molecule has 1 N–H and O–H groups in total. The molecule has 3 atom stereocenters. The summed E-state index contributed by atoms with van der Waals surface area (Å²) in [6.45, 7) is 6.77. The van der Waals surface area contributed by atoms with Crippen molar-refractivity contribution in [2.75, 3.05) is 13.7 Å². The van der Waals surface area contributed by atoms with E-state index in [1.807, 2.05) is 19.9 Å². The molecule has 0 saturated carbocycles. The van der Waals surface area contributed by atoms with Gasteiger partial charge >= 0.3 is 5.97 Å². The summed E-state index contributed by atoms with van der Waals surface area (Å²) in [5.41, 5.74) is 4.00. The van der Waals surface area contributed by atoms with E-state index in [0.717, 1.165) is 24.3 Å². The fourth-order valence-corrected chi connectivity index (χ4v) is 5.49. The van der Waals surface area contributed by atoms with Gasteiger partial charge in [0, 0.05) is 24.1 Å². The quantitative estimate of drug-likeness (QED) is 0.284.